The molecule has 0 bridgehead atoms. The normalized spacial score (nSPS) is 17.5. The molecule has 250 valence electrons. The van der Waals surface area contributed by atoms with Crippen LogP contribution in [0.25, 0.3) is 32.7 Å². The van der Waals surface area contributed by atoms with E-state index in [1.54, 1.807) is 0 Å². The summed E-state index contributed by atoms with van der Waals surface area (Å²) in [5.41, 5.74) is 14.3. The summed E-state index contributed by atoms with van der Waals surface area (Å²) in [6.07, 6.45) is 10.3. The number of hydrogen-bond donors (Lipinski definition) is 0. The molecule has 0 amide bonds. The Morgan fingerprint density at radius 1 is 0.633 bits per heavy atom. The Hall–Kier alpha value is -2.96. The van der Waals surface area contributed by atoms with Gasteiger partial charge < -0.3 is 24.8 Å². The molecule has 0 fully saturated rings. The van der Waals surface area contributed by atoms with E-state index in [1.807, 2.05) is 0 Å². The molecule has 8 rings (SSSR count). The Bertz CT molecular complexity index is 1980. The van der Waals surface area contributed by atoms with E-state index < -0.39 is 0 Å². The third kappa shape index (κ3) is 7.86. The molecule has 1 atom stereocenters. The predicted molar refractivity (Wildman–Crippen MR) is 202 cm³/mol. The Morgan fingerprint density at radius 2 is 1.04 bits per heavy atom. The van der Waals surface area contributed by atoms with E-state index in [0.29, 0.717) is 5.92 Å². The fourth-order valence-corrected chi connectivity index (χ4v) is 8.41. The van der Waals surface area contributed by atoms with E-state index in [2.05, 4.69) is 178 Å². The monoisotopic (exact) mass is 758 g/mol. The zero-order valence-corrected chi connectivity index (χ0v) is 34.2. The summed E-state index contributed by atoms with van der Waals surface area (Å²) in [4.78, 5) is 0. The van der Waals surface area contributed by atoms with Gasteiger partial charge in [0, 0.05) is 10.8 Å². The molecule has 0 saturated carbocycles. The maximum absolute atomic E-state index is 3.29. The molecule has 3 aliphatic rings. The van der Waals surface area contributed by atoms with Crippen LogP contribution in [0.3, 0.4) is 0 Å². The van der Waals surface area contributed by atoms with E-state index in [9.17, 15) is 0 Å². The second-order valence-electron chi connectivity index (χ2n) is 14.7. The van der Waals surface area contributed by atoms with Gasteiger partial charge in [-0.2, -0.15) is 6.08 Å². The van der Waals surface area contributed by atoms with Crippen LogP contribution in [0.1, 0.15) is 95.7 Å². The average Bonchev–Trinajstić information content (AvgIpc) is 3.69. The van der Waals surface area contributed by atoms with Gasteiger partial charge >= 0.3 is 99.2 Å². The van der Waals surface area contributed by atoms with E-state index in [4.69, 9.17) is 0 Å². The number of hydrogen-bond acceptors (Lipinski definition) is 0. The quantitative estimate of drug-likeness (QED) is 0.187. The van der Waals surface area contributed by atoms with Gasteiger partial charge in [0.15, 0.2) is 0 Å². The van der Waals surface area contributed by atoms with Gasteiger partial charge in [0.25, 0.3) is 0 Å². The van der Waals surface area contributed by atoms with Gasteiger partial charge in [0.1, 0.15) is 0 Å². The molecule has 3 heteroatoms. The van der Waals surface area contributed by atoms with Gasteiger partial charge in [0.05, 0.1) is 0 Å². The van der Waals surface area contributed by atoms with Crippen molar-refractivity contribution in [2.45, 2.75) is 73.1 Å². The van der Waals surface area contributed by atoms with Crippen molar-refractivity contribution in [3.05, 3.63) is 160 Å². The van der Waals surface area contributed by atoms with Crippen molar-refractivity contribution in [1.29, 1.82) is 0 Å². The van der Waals surface area contributed by atoms with Crippen LogP contribution < -0.4 is 24.8 Å². The number of fused-ring (bicyclic) bond motifs is 5. The minimum absolute atomic E-state index is 0. The summed E-state index contributed by atoms with van der Waals surface area (Å²) in [6, 6.07) is 33.2. The van der Waals surface area contributed by atoms with Gasteiger partial charge in [-0.05, 0) is 36.1 Å². The summed E-state index contributed by atoms with van der Waals surface area (Å²) < 4.78 is 1.42. The summed E-state index contributed by atoms with van der Waals surface area (Å²) in [5, 5.41) is 5.57. The van der Waals surface area contributed by atoms with Crippen LogP contribution in [-0.2, 0) is 35.1 Å². The third-order valence-corrected chi connectivity index (χ3v) is 11.5. The molecule has 0 heterocycles. The van der Waals surface area contributed by atoms with Crippen LogP contribution in [0.15, 0.2) is 120 Å². The zero-order valence-electron chi connectivity index (χ0n) is 30.2. The third-order valence-electron chi connectivity index (χ3n) is 10.0. The molecule has 5 aromatic carbocycles. The molecule has 1 unspecified atom stereocenters. The van der Waals surface area contributed by atoms with Crippen molar-refractivity contribution in [3.63, 3.8) is 0 Å². The molecule has 5 aromatic rings. The summed E-state index contributed by atoms with van der Waals surface area (Å²) in [7, 11) is 0. The Kier molecular flexibility index (Phi) is 12.0. The Balaban J connectivity index is 0.000000191. The molecule has 0 saturated heterocycles. The van der Waals surface area contributed by atoms with Crippen molar-refractivity contribution < 1.29 is 49.0 Å². The van der Waals surface area contributed by atoms with Crippen molar-refractivity contribution in [3.8, 4) is 0 Å². The Morgan fingerprint density at radius 3 is 1.37 bits per heavy atom. The number of halogens is 2. The minimum atomic E-state index is 0. The molecular weight excluding hydrogens is 715 g/mol. The van der Waals surface area contributed by atoms with Gasteiger partial charge in [-0.15, -0.1) is 46.7 Å². The zero-order chi connectivity index (χ0) is 33.7. The molecule has 0 N–H and O–H groups in total. The first-order chi connectivity index (χ1) is 22.2. The average molecular weight is 761 g/mol. The van der Waals surface area contributed by atoms with Crippen molar-refractivity contribution in [2.24, 2.45) is 5.92 Å². The van der Waals surface area contributed by atoms with E-state index in [1.165, 1.54) is 105 Å². The molecule has 0 spiro atoms. The van der Waals surface area contributed by atoms with Crippen molar-refractivity contribution >= 4 is 35.9 Å². The second kappa shape index (κ2) is 15.1. The van der Waals surface area contributed by atoms with Crippen LogP contribution >= 0.6 is 0 Å². The van der Waals surface area contributed by atoms with Crippen molar-refractivity contribution in [1.82, 2.24) is 0 Å². The molecule has 0 aromatic heterocycles. The Labute approximate surface area is 321 Å². The first kappa shape index (κ1) is 38.8. The summed E-state index contributed by atoms with van der Waals surface area (Å²) in [5.74, 6) is 0.551. The predicted octanol–water partition coefficient (Wildman–Crippen LogP) is 6.24. The molecule has 0 aliphatic heterocycles. The SMILES string of the molecule is CC1=CC(C)(C)c2cc3[cH-]c4cc5c(cc4c3cc21)C(C)=CC5(C)C.CC1=[C-]C(C)C=C1C.[Cl-].[Cl-].[Zr+2]=[C](c1ccccc1)c1ccccc1. The van der Waals surface area contributed by atoms with E-state index in [0.717, 1.165) is 0 Å². The van der Waals surface area contributed by atoms with Crippen LogP contribution in [0.4, 0.5) is 0 Å². The van der Waals surface area contributed by atoms with Crippen LogP contribution in [0, 0.1) is 12.0 Å². The molecule has 0 radical (unpaired) electrons. The molecule has 0 nitrogen and oxygen atoms in total. The number of allylic oxidation sites excluding steroid dienone is 8. The standard InChI is InChI=1S/C25H25.C13H10.C8H11.2ClH.Zr/c1-14-12-24(3,4)22-8-16-7-17-9-23-19(15(2)13-25(23,5)6)11-21(17)20(16)10-18(14)22;1-3-7-12(8-4-1)11-13-9-5-2-6-10-13;1-6-4-7(2)8(3)5-6;;;/h7-13H,1-6H3;1-10H;4,6H,1-3H3;2*1H;/q-1;;-1;;;+2/p-2. The number of rotatable bonds is 2. The van der Waals surface area contributed by atoms with Gasteiger partial charge in [-0.3, -0.25) is 6.08 Å². The molecule has 3 aliphatic carbocycles. The van der Waals surface area contributed by atoms with Gasteiger partial charge in [-0.1, -0.05) is 82.9 Å². The fourth-order valence-electron chi connectivity index (χ4n) is 7.59. The first-order valence-electron chi connectivity index (χ1n) is 16.9. The van der Waals surface area contributed by atoms with Crippen molar-refractivity contribution in [2.75, 3.05) is 0 Å². The fraction of sp³-hybridized carbons (Fsp3) is 0.261. The van der Waals surface area contributed by atoms with E-state index in [-0.39, 0.29) is 35.6 Å². The van der Waals surface area contributed by atoms with Crippen LogP contribution in [0.2, 0.25) is 0 Å². The number of benzene rings is 4. The summed E-state index contributed by atoms with van der Waals surface area (Å²) in [6.45, 7) is 20.2. The first-order valence-corrected chi connectivity index (χ1v) is 18.1. The second-order valence-corrected chi connectivity index (χ2v) is 16.0. The summed E-state index contributed by atoms with van der Waals surface area (Å²) >= 11 is 1.46. The maximum atomic E-state index is 3.29. The molecule has 49 heavy (non-hydrogen) atoms. The topological polar surface area (TPSA) is 0 Å². The molecular formula is C46H46Cl2Zr-2. The van der Waals surface area contributed by atoms with Crippen LogP contribution in [0.5, 0.6) is 0 Å². The van der Waals surface area contributed by atoms with Crippen LogP contribution in [-0.4, -0.2) is 3.21 Å². The van der Waals surface area contributed by atoms with E-state index >= 15 is 0 Å². The van der Waals surface area contributed by atoms with Gasteiger partial charge in [0.2, 0.25) is 0 Å². The van der Waals surface area contributed by atoms with Gasteiger partial charge in [-0.25, -0.2) is 11.1 Å².